The maximum Gasteiger partial charge on any atom is 0.306 e. The molecule has 0 aromatic heterocycles. The summed E-state index contributed by atoms with van der Waals surface area (Å²) in [6.07, 6.45) is 6.50. The maximum absolute atomic E-state index is 10.6. The third-order valence-corrected chi connectivity index (χ3v) is 1.50. The largest absolute Gasteiger partial charge is 0.458 e. The number of hydrogen-bond donors (Lipinski definition) is 0. The molecular weight excluding hydrogens is 128 g/mol. The first-order valence-corrected chi connectivity index (χ1v) is 3.69. The number of hydrogen-bond acceptors (Lipinski definition) is 2. The number of esters is 1. The number of ether oxygens (including phenoxy) is 1. The number of cyclic esters (lactones) is 1. The van der Waals surface area contributed by atoms with E-state index in [1.807, 2.05) is 12.2 Å². The summed E-state index contributed by atoms with van der Waals surface area (Å²) in [5.41, 5.74) is 0. The van der Waals surface area contributed by atoms with Gasteiger partial charge in [-0.15, -0.1) is 0 Å². The Bertz CT molecular complexity index is 149. The highest BCUT2D eigenvalue weighted by atomic mass is 16.5. The van der Waals surface area contributed by atoms with Crippen molar-refractivity contribution in [3.8, 4) is 0 Å². The van der Waals surface area contributed by atoms with E-state index in [-0.39, 0.29) is 12.1 Å². The van der Waals surface area contributed by atoms with Crippen molar-refractivity contribution in [3.05, 3.63) is 12.2 Å². The Balaban J connectivity index is 2.31. The Morgan fingerprint density at radius 2 is 2.60 bits per heavy atom. The highest BCUT2D eigenvalue weighted by Crippen LogP contribution is 2.14. The van der Waals surface area contributed by atoms with E-state index >= 15 is 0 Å². The lowest BCUT2D eigenvalue weighted by Gasteiger charge is -1.99. The van der Waals surface area contributed by atoms with Crippen LogP contribution >= 0.6 is 0 Å². The second-order valence-corrected chi connectivity index (χ2v) is 2.40. The first-order valence-electron chi connectivity index (χ1n) is 3.69. The molecule has 0 spiro atoms. The zero-order valence-corrected chi connectivity index (χ0v) is 6.17. The fourth-order valence-corrected chi connectivity index (χ4v) is 0.970. The van der Waals surface area contributed by atoms with Crippen molar-refractivity contribution in [2.75, 3.05) is 0 Å². The second kappa shape index (κ2) is 3.40. The minimum absolute atomic E-state index is 0.0625. The van der Waals surface area contributed by atoms with Crippen LogP contribution in [0.2, 0.25) is 0 Å². The molecule has 1 fully saturated rings. The summed E-state index contributed by atoms with van der Waals surface area (Å²) >= 11 is 0. The number of rotatable bonds is 2. The molecule has 0 aromatic rings. The van der Waals surface area contributed by atoms with Gasteiger partial charge in [-0.25, -0.2) is 0 Å². The third kappa shape index (κ3) is 1.87. The first kappa shape index (κ1) is 7.32. The van der Waals surface area contributed by atoms with Crippen LogP contribution in [-0.4, -0.2) is 12.1 Å². The Labute approximate surface area is 60.9 Å². The molecule has 0 saturated carbocycles. The van der Waals surface area contributed by atoms with Crippen LogP contribution in [0.4, 0.5) is 0 Å². The number of carbonyl (C=O) groups excluding carboxylic acids is 1. The summed E-state index contributed by atoms with van der Waals surface area (Å²) in [7, 11) is 0. The smallest absolute Gasteiger partial charge is 0.306 e. The van der Waals surface area contributed by atoms with Crippen LogP contribution in [0.15, 0.2) is 12.2 Å². The van der Waals surface area contributed by atoms with Crippen LogP contribution in [-0.2, 0) is 9.53 Å². The van der Waals surface area contributed by atoms with Gasteiger partial charge in [-0.3, -0.25) is 4.79 Å². The predicted octanol–water partition coefficient (Wildman–Crippen LogP) is 1.66. The normalized spacial score (nSPS) is 25.7. The van der Waals surface area contributed by atoms with E-state index in [0.717, 1.165) is 12.8 Å². The molecule has 56 valence electrons. The predicted molar refractivity (Wildman–Crippen MR) is 38.5 cm³/mol. The van der Waals surface area contributed by atoms with E-state index in [2.05, 4.69) is 6.92 Å². The van der Waals surface area contributed by atoms with Crippen molar-refractivity contribution in [3.63, 3.8) is 0 Å². The SMILES string of the molecule is CCC=CC1CCC(=O)O1. The van der Waals surface area contributed by atoms with Crippen molar-refractivity contribution in [2.45, 2.75) is 32.3 Å². The van der Waals surface area contributed by atoms with Gasteiger partial charge in [0.05, 0.1) is 0 Å². The van der Waals surface area contributed by atoms with Gasteiger partial charge in [0.15, 0.2) is 0 Å². The molecule has 1 rings (SSSR count). The van der Waals surface area contributed by atoms with Gasteiger partial charge in [0, 0.05) is 6.42 Å². The summed E-state index contributed by atoms with van der Waals surface area (Å²) in [4.78, 5) is 10.6. The Morgan fingerprint density at radius 3 is 3.10 bits per heavy atom. The lowest BCUT2D eigenvalue weighted by molar-refractivity contribution is -0.139. The molecule has 0 radical (unpaired) electrons. The van der Waals surface area contributed by atoms with Crippen molar-refractivity contribution in [1.29, 1.82) is 0 Å². The quantitative estimate of drug-likeness (QED) is 0.430. The molecule has 0 N–H and O–H groups in total. The van der Waals surface area contributed by atoms with Crippen LogP contribution in [0.1, 0.15) is 26.2 Å². The van der Waals surface area contributed by atoms with Crippen LogP contribution in [0, 0.1) is 0 Å². The molecular formula is C8H12O2. The minimum Gasteiger partial charge on any atom is -0.458 e. The van der Waals surface area contributed by atoms with Crippen LogP contribution < -0.4 is 0 Å². The molecule has 1 aliphatic heterocycles. The van der Waals surface area contributed by atoms with Crippen LogP contribution in [0.25, 0.3) is 0 Å². The number of allylic oxidation sites excluding steroid dienone is 1. The maximum atomic E-state index is 10.6. The minimum atomic E-state index is -0.0641. The van der Waals surface area contributed by atoms with Gasteiger partial charge in [-0.2, -0.15) is 0 Å². The molecule has 1 aliphatic rings. The van der Waals surface area contributed by atoms with E-state index in [0.29, 0.717) is 6.42 Å². The van der Waals surface area contributed by atoms with Crippen LogP contribution in [0.3, 0.4) is 0 Å². The Hall–Kier alpha value is -0.790. The monoisotopic (exact) mass is 140 g/mol. The summed E-state index contributed by atoms with van der Waals surface area (Å²) in [6, 6.07) is 0. The van der Waals surface area contributed by atoms with E-state index in [9.17, 15) is 4.79 Å². The van der Waals surface area contributed by atoms with Gasteiger partial charge in [-0.1, -0.05) is 13.0 Å². The van der Waals surface area contributed by atoms with Gasteiger partial charge in [-0.05, 0) is 18.9 Å². The molecule has 0 amide bonds. The van der Waals surface area contributed by atoms with Gasteiger partial charge < -0.3 is 4.74 Å². The Morgan fingerprint density at radius 1 is 1.80 bits per heavy atom. The molecule has 2 heteroatoms. The van der Waals surface area contributed by atoms with Crippen molar-refractivity contribution >= 4 is 5.97 Å². The zero-order chi connectivity index (χ0) is 7.40. The van der Waals surface area contributed by atoms with E-state index in [4.69, 9.17) is 4.74 Å². The third-order valence-electron chi connectivity index (χ3n) is 1.50. The van der Waals surface area contributed by atoms with Gasteiger partial charge >= 0.3 is 5.97 Å². The second-order valence-electron chi connectivity index (χ2n) is 2.40. The van der Waals surface area contributed by atoms with Crippen molar-refractivity contribution < 1.29 is 9.53 Å². The van der Waals surface area contributed by atoms with Gasteiger partial charge in [0.1, 0.15) is 6.10 Å². The summed E-state index contributed by atoms with van der Waals surface area (Å²) in [5.74, 6) is -0.0641. The fourth-order valence-electron chi connectivity index (χ4n) is 0.970. The highest BCUT2D eigenvalue weighted by molar-refractivity contribution is 5.71. The van der Waals surface area contributed by atoms with E-state index < -0.39 is 0 Å². The van der Waals surface area contributed by atoms with Gasteiger partial charge in [0.2, 0.25) is 0 Å². The molecule has 1 heterocycles. The lowest BCUT2D eigenvalue weighted by Crippen LogP contribution is -2.01. The van der Waals surface area contributed by atoms with E-state index in [1.165, 1.54) is 0 Å². The standard InChI is InChI=1S/C8H12O2/c1-2-3-4-7-5-6-8(9)10-7/h3-4,7H,2,5-6H2,1H3. The fraction of sp³-hybridized carbons (Fsp3) is 0.625. The summed E-state index contributed by atoms with van der Waals surface area (Å²) in [5, 5.41) is 0. The molecule has 2 nitrogen and oxygen atoms in total. The van der Waals surface area contributed by atoms with Gasteiger partial charge in [0.25, 0.3) is 0 Å². The Kier molecular flexibility index (Phi) is 2.49. The molecule has 0 bridgehead atoms. The zero-order valence-electron chi connectivity index (χ0n) is 6.17. The average molecular weight is 140 g/mol. The molecule has 10 heavy (non-hydrogen) atoms. The molecule has 0 aliphatic carbocycles. The summed E-state index contributed by atoms with van der Waals surface area (Å²) in [6.45, 7) is 2.06. The molecule has 1 saturated heterocycles. The average Bonchev–Trinajstić information content (AvgIpc) is 2.31. The topological polar surface area (TPSA) is 26.3 Å². The van der Waals surface area contributed by atoms with Crippen molar-refractivity contribution in [1.82, 2.24) is 0 Å². The van der Waals surface area contributed by atoms with Crippen LogP contribution in [0.5, 0.6) is 0 Å². The van der Waals surface area contributed by atoms with Crippen molar-refractivity contribution in [2.24, 2.45) is 0 Å². The molecule has 1 unspecified atom stereocenters. The molecule has 1 atom stereocenters. The highest BCUT2D eigenvalue weighted by Gasteiger charge is 2.19. The van der Waals surface area contributed by atoms with E-state index in [1.54, 1.807) is 0 Å². The lowest BCUT2D eigenvalue weighted by atomic mass is 10.2. The number of carbonyl (C=O) groups is 1. The first-order chi connectivity index (χ1) is 4.83. The summed E-state index contributed by atoms with van der Waals surface area (Å²) < 4.78 is 4.94. The molecule has 0 aromatic carbocycles.